The first-order valence-electron chi connectivity index (χ1n) is 5.17. The van der Waals surface area contributed by atoms with Gasteiger partial charge in [0.05, 0.1) is 11.2 Å². The summed E-state index contributed by atoms with van der Waals surface area (Å²) in [5.41, 5.74) is 3.97. The van der Waals surface area contributed by atoms with Crippen molar-refractivity contribution in [3.63, 3.8) is 0 Å². The van der Waals surface area contributed by atoms with Crippen LogP contribution in [-0.4, -0.2) is 21.5 Å². The minimum absolute atomic E-state index is 0.802. The summed E-state index contributed by atoms with van der Waals surface area (Å²) in [5.74, 6) is 1.69. The van der Waals surface area contributed by atoms with Gasteiger partial charge < -0.3 is 5.32 Å². The van der Waals surface area contributed by atoms with Crippen LogP contribution in [0.25, 0.3) is 0 Å². The van der Waals surface area contributed by atoms with Crippen LogP contribution in [0.1, 0.15) is 17.2 Å². The van der Waals surface area contributed by atoms with Crippen LogP contribution in [0.3, 0.4) is 0 Å². The normalized spacial score (nSPS) is 10.4. The van der Waals surface area contributed by atoms with E-state index in [1.807, 2.05) is 25.4 Å². The highest BCUT2D eigenvalue weighted by Crippen LogP contribution is 2.06. The third-order valence-electron chi connectivity index (χ3n) is 2.14. The molecule has 2 rings (SSSR count). The van der Waals surface area contributed by atoms with Gasteiger partial charge in [-0.25, -0.2) is 15.0 Å². The smallest absolute Gasteiger partial charge is 0.129 e. The van der Waals surface area contributed by atoms with Crippen molar-refractivity contribution in [1.29, 1.82) is 0 Å². The summed E-state index contributed by atoms with van der Waals surface area (Å²) in [6, 6.07) is 1.95. The van der Waals surface area contributed by atoms with Gasteiger partial charge in [0.15, 0.2) is 0 Å². The van der Waals surface area contributed by atoms with E-state index in [0.29, 0.717) is 0 Å². The van der Waals surface area contributed by atoms with Crippen molar-refractivity contribution in [2.24, 2.45) is 0 Å². The van der Waals surface area contributed by atoms with Gasteiger partial charge in [0.25, 0.3) is 0 Å². The van der Waals surface area contributed by atoms with E-state index in [2.05, 4.69) is 25.6 Å². The molecule has 0 aliphatic rings. The number of anilines is 1. The van der Waals surface area contributed by atoms with Crippen molar-refractivity contribution in [1.82, 2.24) is 15.0 Å². The number of rotatable bonds is 4. The van der Waals surface area contributed by atoms with Crippen molar-refractivity contribution in [2.75, 3.05) is 11.9 Å². The fourth-order valence-corrected chi connectivity index (χ4v) is 2.08. The van der Waals surface area contributed by atoms with Gasteiger partial charge in [-0.3, -0.25) is 0 Å². The number of hydrogen-bond acceptors (Lipinski definition) is 5. The molecule has 1 N–H and O–H groups in total. The molecule has 4 nitrogen and oxygen atoms in total. The number of hydrogen-bond donors (Lipinski definition) is 1. The Kier molecular flexibility index (Phi) is 3.46. The molecule has 0 aliphatic carbocycles. The summed E-state index contributed by atoms with van der Waals surface area (Å²) < 4.78 is 0. The molecule has 2 aromatic heterocycles. The van der Waals surface area contributed by atoms with Gasteiger partial charge in [0, 0.05) is 30.1 Å². The maximum Gasteiger partial charge on any atom is 0.129 e. The second-order valence-corrected chi connectivity index (χ2v) is 4.32. The summed E-state index contributed by atoms with van der Waals surface area (Å²) in [4.78, 5) is 12.8. The van der Waals surface area contributed by atoms with Gasteiger partial charge in [-0.2, -0.15) is 0 Å². The largest absolute Gasteiger partial charge is 0.370 e. The van der Waals surface area contributed by atoms with Crippen molar-refractivity contribution in [2.45, 2.75) is 20.3 Å². The predicted molar refractivity (Wildman–Crippen MR) is 65.8 cm³/mol. The number of thiazole rings is 1. The maximum atomic E-state index is 4.31. The van der Waals surface area contributed by atoms with Crippen LogP contribution in [-0.2, 0) is 6.42 Å². The molecular weight excluding hydrogens is 220 g/mol. The third-order valence-corrected chi connectivity index (χ3v) is 2.77. The molecular formula is C11H14N4S. The fourth-order valence-electron chi connectivity index (χ4n) is 1.49. The molecule has 0 bridgehead atoms. The Labute approximate surface area is 98.8 Å². The molecule has 0 amide bonds. The molecule has 0 saturated heterocycles. The van der Waals surface area contributed by atoms with E-state index in [1.165, 1.54) is 0 Å². The second-order valence-electron chi connectivity index (χ2n) is 3.60. The van der Waals surface area contributed by atoms with Crippen molar-refractivity contribution in [3.8, 4) is 0 Å². The van der Waals surface area contributed by atoms with Crippen LogP contribution in [0.4, 0.5) is 5.82 Å². The monoisotopic (exact) mass is 234 g/mol. The first-order valence-corrected chi connectivity index (χ1v) is 6.11. The van der Waals surface area contributed by atoms with Gasteiger partial charge in [0.1, 0.15) is 11.6 Å². The minimum atomic E-state index is 0.802. The molecule has 0 spiro atoms. The molecule has 5 heteroatoms. The molecule has 0 saturated carbocycles. The van der Waals surface area contributed by atoms with Gasteiger partial charge >= 0.3 is 0 Å². The molecule has 0 fully saturated rings. The quantitative estimate of drug-likeness (QED) is 0.881. The lowest BCUT2D eigenvalue weighted by Gasteiger charge is -2.05. The lowest BCUT2D eigenvalue weighted by Crippen LogP contribution is -2.08. The molecule has 0 aromatic carbocycles. The van der Waals surface area contributed by atoms with Crippen LogP contribution >= 0.6 is 11.3 Å². The number of aryl methyl sites for hydroxylation is 2. The van der Waals surface area contributed by atoms with Gasteiger partial charge in [0.2, 0.25) is 0 Å². The number of nitrogens with one attached hydrogen (secondary N) is 1. The molecule has 0 aliphatic heterocycles. The molecule has 0 unspecified atom stereocenters. The maximum absolute atomic E-state index is 4.31. The fraction of sp³-hybridized carbons (Fsp3) is 0.364. The van der Waals surface area contributed by atoms with Crippen LogP contribution < -0.4 is 5.32 Å². The van der Waals surface area contributed by atoms with E-state index < -0.39 is 0 Å². The zero-order valence-electron chi connectivity index (χ0n) is 9.40. The Hall–Kier alpha value is -1.49. The Balaban J connectivity index is 1.89. The second kappa shape index (κ2) is 5.03. The van der Waals surface area contributed by atoms with Crippen LogP contribution in [0, 0.1) is 13.8 Å². The molecule has 2 aromatic rings. The van der Waals surface area contributed by atoms with Crippen molar-refractivity contribution in [3.05, 3.63) is 34.2 Å². The number of nitrogens with zero attached hydrogens (tertiary/aromatic N) is 3. The molecule has 2 heterocycles. The van der Waals surface area contributed by atoms with Gasteiger partial charge in [-0.1, -0.05) is 0 Å². The zero-order valence-corrected chi connectivity index (χ0v) is 10.2. The van der Waals surface area contributed by atoms with Crippen LogP contribution in [0.5, 0.6) is 0 Å². The standard InChI is InChI=1S/C11H14N4S/c1-8-5-11(15-9(2)14-8)12-4-3-10-6-16-7-13-10/h5-7H,3-4H2,1-2H3,(H,12,14,15). The average Bonchev–Trinajstić information content (AvgIpc) is 2.69. The van der Waals surface area contributed by atoms with Crippen molar-refractivity contribution < 1.29 is 0 Å². The van der Waals surface area contributed by atoms with E-state index >= 15 is 0 Å². The van der Waals surface area contributed by atoms with E-state index in [9.17, 15) is 0 Å². The number of aromatic nitrogens is 3. The Morgan fingerprint density at radius 2 is 2.19 bits per heavy atom. The van der Waals surface area contributed by atoms with Gasteiger partial charge in [-0.15, -0.1) is 11.3 Å². The summed E-state index contributed by atoms with van der Waals surface area (Å²) in [6.07, 6.45) is 0.922. The molecule has 0 radical (unpaired) electrons. The van der Waals surface area contributed by atoms with Gasteiger partial charge in [-0.05, 0) is 13.8 Å². The first-order chi connectivity index (χ1) is 7.74. The lowest BCUT2D eigenvalue weighted by atomic mass is 10.3. The predicted octanol–water partition coefficient (Wildman–Crippen LogP) is 2.20. The van der Waals surface area contributed by atoms with E-state index in [1.54, 1.807) is 11.3 Å². The average molecular weight is 234 g/mol. The Morgan fingerprint density at radius 1 is 1.31 bits per heavy atom. The van der Waals surface area contributed by atoms with Crippen LogP contribution in [0.15, 0.2) is 17.0 Å². The minimum Gasteiger partial charge on any atom is -0.370 e. The summed E-state index contributed by atoms with van der Waals surface area (Å²) in [5, 5.41) is 5.35. The Morgan fingerprint density at radius 3 is 2.88 bits per heavy atom. The zero-order chi connectivity index (χ0) is 11.4. The van der Waals surface area contributed by atoms with Crippen LogP contribution in [0.2, 0.25) is 0 Å². The lowest BCUT2D eigenvalue weighted by molar-refractivity contribution is 0.946. The summed E-state index contributed by atoms with van der Waals surface area (Å²) in [7, 11) is 0. The van der Waals surface area contributed by atoms with Crippen molar-refractivity contribution >= 4 is 17.2 Å². The Bertz CT molecular complexity index is 433. The molecule has 84 valence electrons. The molecule has 16 heavy (non-hydrogen) atoms. The highest BCUT2D eigenvalue weighted by molar-refractivity contribution is 7.07. The highest BCUT2D eigenvalue weighted by Gasteiger charge is 1.99. The highest BCUT2D eigenvalue weighted by atomic mass is 32.1. The summed E-state index contributed by atoms with van der Waals surface area (Å²) >= 11 is 1.63. The SMILES string of the molecule is Cc1cc(NCCc2cscn2)nc(C)n1. The third kappa shape index (κ3) is 3.00. The van der Waals surface area contributed by atoms with E-state index in [4.69, 9.17) is 0 Å². The van der Waals surface area contributed by atoms with E-state index in [0.717, 1.165) is 36.0 Å². The first kappa shape index (κ1) is 11.0. The summed E-state index contributed by atoms with van der Waals surface area (Å²) in [6.45, 7) is 4.72. The van der Waals surface area contributed by atoms with E-state index in [-0.39, 0.29) is 0 Å². The topological polar surface area (TPSA) is 50.7 Å². The molecule has 0 atom stereocenters.